The Kier molecular flexibility index (Phi) is 5.57. The number of benzene rings is 2. The molecular weight excluding hydrogens is 296 g/mol. The first-order valence-corrected chi connectivity index (χ1v) is 7.12. The highest BCUT2D eigenvalue weighted by atomic mass is 16.3. The molecule has 6 heteroatoms. The Hall–Kier alpha value is -3.02. The van der Waals surface area contributed by atoms with Crippen LogP contribution in [0.25, 0.3) is 0 Å². The van der Waals surface area contributed by atoms with E-state index in [0.717, 1.165) is 11.1 Å². The summed E-state index contributed by atoms with van der Waals surface area (Å²) in [5.74, 6) is -0.426. The van der Waals surface area contributed by atoms with Crippen LogP contribution in [0, 0.1) is 0 Å². The third kappa shape index (κ3) is 5.70. The summed E-state index contributed by atoms with van der Waals surface area (Å²) in [6, 6.07) is 12.9. The van der Waals surface area contributed by atoms with Gasteiger partial charge in [0.15, 0.2) is 0 Å². The van der Waals surface area contributed by atoms with Crippen LogP contribution in [0.1, 0.15) is 17.5 Å². The topological polar surface area (TPSA) is 98.7 Å². The summed E-state index contributed by atoms with van der Waals surface area (Å²) in [5, 5.41) is 23.6. The van der Waals surface area contributed by atoms with Crippen molar-refractivity contribution in [2.24, 2.45) is 0 Å². The van der Waals surface area contributed by atoms with Gasteiger partial charge in [-0.25, -0.2) is 0 Å². The van der Waals surface area contributed by atoms with Crippen molar-refractivity contribution in [3.63, 3.8) is 0 Å². The van der Waals surface area contributed by atoms with Gasteiger partial charge >= 0.3 is 0 Å². The molecule has 0 unspecified atom stereocenters. The molecule has 0 radical (unpaired) electrons. The zero-order chi connectivity index (χ0) is 16.7. The second kappa shape index (κ2) is 7.84. The van der Waals surface area contributed by atoms with Gasteiger partial charge in [0.1, 0.15) is 17.9 Å². The number of phenols is 2. The van der Waals surface area contributed by atoms with E-state index in [0.29, 0.717) is 13.1 Å². The van der Waals surface area contributed by atoms with Crippen molar-refractivity contribution >= 4 is 11.8 Å². The van der Waals surface area contributed by atoms with Gasteiger partial charge in [0.05, 0.1) is 0 Å². The summed E-state index contributed by atoms with van der Waals surface area (Å²) in [6.07, 6.45) is -0.254. The van der Waals surface area contributed by atoms with Gasteiger partial charge in [-0.3, -0.25) is 9.59 Å². The van der Waals surface area contributed by atoms with Crippen LogP contribution in [0.3, 0.4) is 0 Å². The van der Waals surface area contributed by atoms with Crippen molar-refractivity contribution in [2.45, 2.75) is 19.5 Å². The average molecular weight is 314 g/mol. The zero-order valence-corrected chi connectivity index (χ0v) is 12.5. The number of hydrogen-bond donors (Lipinski definition) is 4. The molecule has 0 heterocycles. The maximum absolute atomic E-state index is 11.7. The molecule has 2 aromatic rings. The number of carbonyl (C=O) groups excluding carboxylic acids is 2. The van der Waals surface area contributed by atoms with Crippen molar-refractivity contribution in [3.8, 4) is 11.5 Å². The molecule has 2 amide bonds. The highest BCUT2D eigenvalue weighted by Gasteiger charge is 2.09. The maximum Gasteiger partial charge on any atom is 0.229 e. The molecule has 0 aliphatic carbocycles. The van der Waals surface area contributed by atoms with Crippen LogP contribution in [-0.2, 0) is 22.7 Å². The summed E-state index contributed by atoms with van der Waals surface area (Å²) in [4.78, 5) is 23.4. The molecule has 0 aromatic heterocycles. The molecular formula is C17H18N2O4. The van der Waals surface area contributed by atoms with Crippen LogP contribution in [0.15, 0.2) is 48.5 Å². The van der Waals surface area contributed by atoms with Crippen molar-refractivity contribution < 1.29 is 19.8 Å². The second-order valence-corrected chi connectivity index (χ2v) is 5.06. The molecule has 120 valence electrons. The fraction of sp³-hybridized carbons (Fsp3) is 0.176. The first-order chi connectivity index (χ1) is 11.0. The minimum atomic E-state index is -0.374. The highest BCUT2D eigenvalue weighted by Crippen LogP contribution is 2.10. The van der Waals surface area contributed by atoms with Gasteiger partial charge in [0, 0.05) is 13.1 Å². The molecule has 0 saturated heterocycles. The van der Waals surface area contributed by atoms with Crippen LogP contribution in [0.5, 0.6) is 11.5 Å². The SMILES string of the molecule is O=C(CC(=O)NCc1ccc(O)cc1)NCc1ccc(O)cc1. The van der Waals surface area contributed by atoms with Gasteiger partial charge in [-0.2, -0.15) is 0 Å². The minimum Gasteiger partial charge on any atom is -0.508 e. The molecule has 0 fully saturated rings. The van der Waals surface area contributed by atoms with Gasteiger partial charge < -0.3 is 20.8 Å². The molecule has 2 rings (SSSR count). The lowest BCUT2D eigenvalue weighted by Crippen LogP contribution is -2.31. The third-order valence-corrected chi connectivity index (χ3v) is 3.17. The van der Waals surface area contributed by atoms with E-state index in [2.05, 4.69) is 10.6 Å². The number of amides is 2. The van der Waals surface area contributed by atoms with Gasteiger partial charge in [0.25, 0.3) is 0 Å². The fourth-order valence-electron chi connectivity index (χ4n) is 1.90. The van der Waals surface area contributed by atoms with Crippen LogP contribution >= 0.6 is 0 Å². The van der Waals surface area contributed by atoms with Crippen molar-refractivity contribution in [1.29, 1.82) is 0 Å². The molecule has 0 saturated carbocycles. The lowest BCUT2D eigenvalue weighted by atomic mass is 10.2. The maximum atomic E-state index is 11.7. The Morgan fingerprint density at radius 1 is 0.696 bits per heavy atom. The molecule has 0 spiro atoms. The third-order valence-electron chi connectivity index (χ3n) is 3.17. The molecule has 0 atom stereocenters. The van der Waals surface area contributed by atoms with Crippen LogP contribution in [0.2, 0.25) is 0 Å². The van der Waals surface area contributed by atoms with E-state index in [-0.39, 0.29) is 29.7 Å². The van der Waals surface area contributed by atoms with Gasteiger partial charge in [0.2, 0.25) is 11.8 Å². The number of hydrogen-bond acceptors (Lipinski definition) is 4. The van der Waals surface area contributed by atoms with E-state index >= 15 is 0 Å². The summed E-state index contributed by atoms with van der Waals surface area (Å²) >= 11 is 0. The van der Waals surface area contributed by atoms with Gasteiger partial charge in [-0.15, -0.1) is 0 Å². The molecule has 6 nitrogen and oxygen atoms in total. The van der Waals surface area contributed by atoms with Gasteiger partial charge in [-0.05, 0) is 35.4 Å². The van der Waals surface area contributed by atoms with Crippen LogP contribution in [-0.4, -0.2) is 22.0 Å². The summed E-state index contributed by atoms with van der Waals surface area (Å²) in [6.45, 7) is 0.592. The highest BCUT2D eigenvalue weighted by molar-refractivity contribution is 5.96. The lowest BCUT2D eigenvalue weighted by molar-refractivity contribution is -0.129. The number of nitrogens with one attached hydrogen (secondary N) is 2. The summed E-state index contributed by atoms with van der Waals surface area (Å²) < 4.78 is 0. The van der Waals surface area contributed by atoms with E-state index < -0.39 is 0 Å². The van der Waals surface area contributed by atoms with E-state index in [1.165, 1.54) is 24.3 Å². The quantitative estimate of drug-likeness (QED) is 0.606. The van der Waals surface area contributed by atoms with Gasteiger partial charge in [-0.1, -0.05) is 24.3 Å². The Morgan fingerprint density at radius 2 is 1.04 bits per heavy atom. The van der Waals surface area contributed by atoms with Crippen LogP contribution < -0.4 is 10.6 Å². The fourth-order valence-corrected chi connectivity index (χ4v) is 1.90. The van der Waals surface area contributed by atoms with Crippen molar-refractivity contribution in [3.05, 3.63) is 59.7 Å². The predicted molar refractivity (Wildman–Crippen MR) is 84.5 cm³/mol. The first kappa shape index (κ1) is 16.4. The average Bonchev–Trinajstić information content (AvgIpc) is 2.54. The van der Waals surface area contributed by atoms with E-state index in [4.69, 9.17) is 10.2 Å². The predicted octanol–water partition coefficient (Wildman–Crippen LogP) is 1.42. The first-order valence-electron chi connectivity index (χ1n) is 7.12. The van der Waals surface area contributed by atoms with Crippen LogP contribution in [0.4, 0.5) is 0 Å². The molecule has 0 bridgehead atoms. The van der Waals surface area contributed by atoms with Crippen molar-refractivity contribution in [1.82, 2.24) is 10.6 Å². The number of carbonyl (C=O) groups is 2. The Morgan fingerprint density at radius 3 is 1.39 bits per heavy atom. The monoisotopic (exact) mass is 314 g/mol. The molecule has 4 N–H and O–H groups in total. The molecule has 0 aliphatic heterocycles. The largest absolute Gasteiger partial charge is 0.508 e. The minimum absolute atomic E-state index is 0.161. The number of rotatable bonds is 6. The molecule has 0 aliphatic rings. The molecule has 23 heavy (non-hydrogen) atoms. The smallest absolute Gasteiger partial charge is 0.229 e. The number of phenolic OH excluding ortho intramolecular Hbond substituents is 2. The summed E-state index contributed by atoms with van der Waals surface area (Å²) in [5.41, 5.74) is 1.67. The van der Waals surface area contributed by atoms with E-state index in [1.807, 2.05) is 0 Å². The lowest BCUT2D eigenvalue weighted by Gasteiger charge is -2.07. The van der Waals surface area contributed by atoms with E-state index in [1.54, 1.807) is 24.3 Å². The Bertz CT molecular complexity index is 606. The van der Waals surface area contributed by atoms with E-state index in [9.17, 15) is 9.59 Å². The zero-order valence-electron chi connectivity index (χ0n) is 12.5. The molecule has 2 aromatic carbocycles. The summed E-state index contributed by atoms with van der Waals surface area (Å²) in [7, 11) is 0. The Labute approximate surface area is 133 Å². The Balaban J connectivity index is 1.70. The normalized spacial score (nSPS) is 10.1. The second-order valence-electron chi connectivity index (χ2n) is 5.06. The standard InChI is InChI=1S/C17H18N2O4/c20-14-5-1-12(2-6-14)10-18-16(22)9-17(23)19-11-13-3-7-15(21)8-4-13/h1-8,20-21H,9-11H2,(H,18,22)(H,19,23). The number of aromatic hydroxyl groups is 2. The van der Waals surface area contributed by atoms with Crippen molar-refractivity contribution in [2.75, 3.05) is 0 Å².